The second-order valence-corrected chi connectivity index (χ2v) is 6.92. The summed E-state index contributed by atoms with van der Waals surface area (Å²) < 4.78 is 7.63. The van der Waals surface area contributed by atoms with Crippen molar-refractivity contribution in [3.63, 3.8) is 0 Å². The van der Waals surface area contributed by atoms with E-state index in [0.29, 0.717) is 15.8 Å². The van der Waals surface area contributed by atoms with E-state index < -0.39 is 0 Å². The fourth-order valence-electron chi connectivity index (χ4n) is 1.73. The van der Waals surface area contributed by atoms with E-state index in [0.717, 1.165) is 33.3 Å². The Morgan fingerprint density at radius 3 is 2.52 bits per heavy atom. The van der Waals surface area contributed by atoms with Gasteiger partial charge in [0.05, 0.1) is 10.0 Å². The highest BCUT2D eigenvalue weighted by atomic mass is 79.9. The summed E-state index contributed by atoms with van der Waals surface area (Å²) in [6.07, 6.45) is 0. The predicted molar refractivity (Wildman–Crippen MR) is 95.8 cm³/mol. The van der Waals surface area contributed by atoms with Crippen molar-refractivity contribution >= 4 is 55.1 Å². The maximum Gasteiger partial charge on any atom is 0.147 e. The van der Waals surface area contributed by atoms with Crippen molar-refractivity contribution in [3.05, 3.63) is 54.9 Å². The van der Waals surface area contributed by atoms with Crippen LogP contribution in [0.4, 0.5) is 0 Å². The summed E-state index contributed by atoms with van der Waals surface area (Å²) in [5.74, 6) is 1.27. The van der Waals surface area contributed by atoms with Crippen molar-refractivity contribution < 1.29 is 4.74 Å². The lowest BCUT2D eigenvalue weighted by Crippen LogP contribution is -2.12. The quantitative estimate of drug-likeness (QED) is 0.527. The lowest BCUT2D eigenvalue weighted by atomic mass is 10.2. The Balaban J connectivity index is 2.34. The summed E-state index contributed by atoms with van der Waals surface area (Å²) in [5, 5.41) is 4.34. The molecular formula is C15H13Br2Cl2NO. The number of benzene rings is 2. The van der Waals surface area contributed by atoms with Crippen molar-refractivity contribution in [1.82, 2.24) is 5.32 Å². The summed E-state index contributed by atoms with van der Waals surface area (Å²) >= 11 is 19.1. The number of halogens is 4. The van der Waals surface area contributed by atoms with Gasteiger partial charge in [0.15, 0.2) is 0 Å². The molecule has 1 N–H and O–H groups in total. The Morgan fingerprint density at radius 1 is 1.05 bits per heavy atom. The average Bonchev–Trinajstić information content (AvgIpc) is 2.44. The van der Waals surface area contributed by atoms with Crippen LogP contribution in [0.3, 0.4) is 0 Å². The van der Waals surface area contributed by atoms with Crippen LogP contribution in [0.15, 0.2) is 39.3 Å². The molecule has 0 radical (unpaired) electrons. The molecule has 0 atom stereocenters. The van der Waals surface area contributed by atoms with E-state index in [-0.39, 0.29) is 0 Å². The standard InChI is InChI=1S/C15H13Br2Cl2NO/c1-2-20-8-9-3-4-10(16)5-14(9)21-15-7-12(18)11(17)6-13(15)19/h3-7,20H,2,8H2,1H3. The minimum atomic E-state index is 0.501. The van der Waals surface area contributed by atoms with E-state index in [1.165, 1.54) is 0 Å². The number of hydrogen-bond donors (Lipinski definition) is 1. The van der Waals surface area contributed by atoms with Gasteiger partial charge in [-0.15, -0.1) is 0 Å². The lowest BCUT2D eigenvalue weighted by Gasteiger charge is -2.14. The summed E-state index contributed by atoms with van der Waals surface area (Å²) in [6, 6.07) is 9.33. The SMILES string of the molecule is CCNCc1ccc(Br)cc1Oc1cc(Cl)c(Br)cc1Cl. The lowest BCUT2D eigenvalue weighted by molar-refractivity contribution is 0.473. The van der Waals surface area contributed by atoms with Gasteiger partial charge in [-0.2, -0.15) is 0 Å². The van der Waals surface area contributed by atoms with Crippen molar-refractivity contribution in [2.24, 2.45) is 0 Å². The molecule has 0 heterocycles. The third-order valence-electron chi connectivity index (χ3n) is 2.79. The van der Waals surface area contributed by atoms with Crippen LogP contribution in [0.1, 0.15) is 12.5 Å². The Kier molecular flexibility index (Phi) is 6.38. The number of ether oxygens (including phenoxy) is 1. The minimum Gasteiger partial charge on any atom is -0.455 e. The van der Waals surface area contributed by atoms with Crippen LogP contribution in [-0.4, -0.2) is 6.54 Å². The number of rotatable bonds is 5. The molecule has 0 aliphatic rings. The summed E-state index contributed by atoms with van der Waals surface area (Å²) in [7, 11) is 0. The third kappa shape index (κ3) is 4.60. The van der Waals surface area contributed by atoms with Gasteiger partial charge in [0, 0.05) is 27.1 Å². The maximum atomic E-state index is 6.21. The molecule has 0 aliphatic heterocycles. The molecule has 0 amide bonds. The zero-order valence-corrected chi connectivity index (χ0v) is 15.9. The zero-order chi connectivity index (χ0) is 15.4. The van der Waals surface area contributed by atoms with E-state index in [4.69, 9.17) is 27.9 Å². The first kappa shape index (κ1) is 17.1. The molecule has 0 unspecified atom stereocenters. The van der Waals surface area contributed by atoms with Gasteiger partial charge in [-0.1, -0.05) is 52.1 Å². The Bertz CT molecular complexity index is 650. The second-order valence-electron chi connectivity index (χ2n) is 4.33. The summed E-state index contributed by atoms with van der Waals surface area (Å²) in [5.41, 5.74) is 1.05. The van der Waals surface area contributed by atoms with E-state index in [9.17, 15) is 0 Å². The van der Waals surface area contributed by atoms with Crippen molar-refractivity contribution in [3.8, 4) is 11.5 Å². The molecule has 0 saturated carbocycles. The highest BCUT2D eigenvalue weighted by molar-refractivity contribution is 9.10. The van der Waals surface area contributed by atoms with Crippen LogP contribution in [0.5, 0.6) is 11.5 Å². The Hall–Kier alpha value is -0.260. The molecule has 2 aromatic rings. The fourth-order valence-corrected chi connectivity index (χ4v) is 2.90. The molecule has 0 bridgehead atoms. The predicted octanol–water partition coefficient (Wildman–Crippen LogP) is 6.42. The van der Waals surface area contributed by atoms with Crippen LogP contribution in [0.25, 0.3) is 0 Å². The van der Waals surface area contributed by atoms with Gasteiger partial charge >= 0.3 is 0 Å². The molecule has 0 saturated heterocycles. The van der Waals surface area contributed by atoms with Crippen LogP contribution in [0, 0.1) is 0 Å². The van der Waals surface area contributed by atoms with Gasteiger partial charge in [0.25, 0.3) is 0 Å². The molecule has 0 aromatic heterocycles. The molecule has 21 heavy (non-hydrogen) atoms. The van der Waals surface area contributed by atoms with E-state index in [1.807, 2.05) is 18.2 Å². The Labute approximate surface area is 151 Å². The molecule has 0 fully saturated rings. The highest BCUT2D eigenvalue weighted by Gasteiger charge is 2.11. The van der Waals surface area contributed by atoms with Gasteiger partial charge in [-0.25, -0.2) is 0 Å². The molecule has 112 valence electrons. The van der Waals surface area contributed by atoms with E-state index >= 15 is 0 Å². The average molecular weight is 454 g/mol. The van der Waals surface area contributed by atoms with E-state index in [2.05, 4.69) is 44.1 Å². The fraction of sp³-hybridized carbons (Fsp3) is 0.200. The molecule has 2 nitrogen and oxygen atoms in total. The van der Waals surface area contributed by atoms with Crippen LogP contribution in [-0.2, 0) is 6.54 Å². The molecule has 2 rings (SSSR count). The second kappa shape index (κ2) is 7.84. The molecule has 0 aliphatic carbocycles. The highest BCUT2D eigenvalue weighted by Crippen LogP contribution is 2.38. The number of nitrogens with one attached hydrogen (secondary N) is 1. The van der Waals surface area contributed by atoms with Gasteiger partial charge < -0.3 is 10.1 Å². The molecular weight excluding hydrogens is 441 g/mol. The zero-order valence-electron chi connectivity index (χ0n) is 11.2. The first-order valence-electron chi connectivity index (χ1n) is 6.32. The first-order valence-corrected chi connectivity index (χ1v) is 8.67. The monoisotopic (exact) mass is 451 g/mol. The van der Waals surface area contributed by atoms with Crippen LogP contribution in [0.2, 0.25) is 10.0 Å². The molecule has 0 spiro atoms. The summed E-state index contributed by atoms with van der Waals surface area (Å²) in [6.45, 7) is 3.67. The van der Waals surface area contributed by atoms with Crippen molar-refractivity contribution in [1.29, 1.82) is 0 Å². The minimum absolute atomic E-state index is 0.501. The van der Waals surface area contributed by atoms with Crippen molar-refractivity contribution in [2.45, 2.75) is 13.5 Å². The van der Waals surface area contributed by atoms with E-state index in [1.54, 1.807) is 12.1 Å². The summed E-state index contributed by atoms with van der Waals surface area (Å²) in [4.78, 5) is 0. The normalized spacial score (nSPS) is 10.7. The topological polar surface area (TPSA) is 21.3 Å². The largest absolute Gasteiger partial charge is 0.455 e. The first-order chi connectivity index (χ1) is 10.0. The number of hydrogen-bond acceptors (Lipinski definition) is 2. The maximum absolute atomic E-state index is 6.21. The van der Waals surface area contributed by atoms with Crippen LogP contribution < -0.4 is 10.1 Å². The van der Waals surface area contributed by atoms with Crippen LogP contribution >= 0.6 is 55.1 Å². The Morgan fingerprint density at radius 2 is 1.81 bits per heavy atom. The molecule has 6 heteroatoms. The van der Waals surface area contributed by atoms with Gasteiger partial charge in [-0.05, 0) is 40.7 Å². The van der Waals surface area contributed by atoms with Gasteiger partial charge in [0.1, 0.15) is 11.5 Å². The van der Waals surface area contributed by atoms with Gasteiger partial charge in [0.2, 0.25) is 0 Å². The van der Waals surface area contributed by atoms with Crippen molar-refractivity contribution in [2.75, 3.05) is 6.54 Å². The third-order valence-corrected chi connectivity index (χ3v) is 4.78. The molecule has 2 aromatic carbocycles. The van der Waals surface area contributed by atoms with Gasteiger partial charge in [-0.3, -0.25) is 0 Å². The smallest absolute Gasteiger partial charge is 0.147 e.